The van der Waals surface area contributed by atoms with Gasteiger partial charge in [0.1, 0.15) is 0 Å². The number of hydrogen-bond donors (Lipinski definition) is 0. The summed E-state index contributed by atoms with van der Waals surface area (Å²) in [6.45, 7) is 6.16. The van der Waals surface area contributed by atoms with Crippen LogP contribution in [0.1, 0.15) is 32.4 Å². The number of ketones is 1. The van der Waals surface area contributed by atoms with Gasteiger partial charge in [-0.05, 0) is 39.8 Å². The first-order valence-electron chi connectivity index (χ1n) is 6.77. The molecule has 1 aliphatic rings. The summed E-state index contributed by atoms with van der Waals surface area (Å²) in [6, 6.07) is 0. The lowest BCUT2D eigenvalue weighted by Crippen LogP contribution is -2.49. The van der Waals surface area contributed by atoms with Crippen LogP contribution in [0.2, 0.25) is 0 Å². The molecule has 19 heavy (non-hydrogen) atoms. The van der Waals surface area contributed by atoms with Crippen LogP contribution in [0.3, 0.4) is 0 Å². The number of fused-ring (bicyclic) bond motifs is 1. The van der Waals surface area contributed by atoms with Gasteiger partial charge in [-0.25, -0.2) is 4.98 Å². The molecule has 4 nitrogen and oxygen atoms in total. The van der Waals surface area contributed by atoms with Gasteiger partial charge in [0.25, 0.3) is 0 Å². The number of carbonyl (C=O) groups excluding carboxylic acids is 1. The first kappa shape index (κ1) is 12.8. The number of thiazole rings is 1. The topological polar surface area (TPSA) is 37.6 Å². The van der Waals surface area contributed by atoms with E-state index >= 15 is 0 Å². The standard InChI is InChI=1S/C14H19N3OS/c1-14(2,17-5-3-4-6-17)12(18)9-11-10-16-7-8-19-13(16)15-11/h7-8,10H,3-6,9H2,1-2H3. The number of rotatable bonds is 4. The smallest absolute Gasteiger partial charge is 0.193 e. The summed E-state index contributed by atoms with van der Waals surface area (Å²) in [4.78, 5) is 20.3. The molecule has 5 heteroatoms. The number of imidazole rings is 1. The van der Waals surface area contributed by atoms with Gasteiger partial charge in [-0.1, -0.05) is 0 Å². The van der Waals surface area contributed by atoms with Crippen molar-refractivity contribution >= 4 is 22.1 Å². The lowest BCUT2D eigenvalue weighted by Gasteiger charge is -2.33. The molecule has 3 heterocycles. The zero-order valence-electron chi connectivity index (χ0n) is 11.4. The van der Waals surface area contributed by atoms with Crippen LogP contribution in [0.25, 0.3) is 4.96 Å². The fraction of sp³-hybridized carbons (Fsp3) is 0.571. The normalized spacial score (nSPS) is 17.4. The summed E-state index contributed by atoms with van der Waals surface area (Å²) in [7, 11) is 0. The summed E-state index contributed by atoms with van der Waals surface area (Å²) in [6.07, 6.45) is 6.78. The summed E-state index contributed by atoms with van der Waals surface area (Å²) in [5.41, 5.74) is 0.511. The van der Waals surface area contributed by atoms with E-state index in [-0.39, 0.29) is 11.3 Å². The van der Waals surface area contributed by atoms with Crippen molar-refractivity contribution in [2.75, 3.05) is 13.1 Å². The number of aromatic nitrogens is 2. The van der Waals surface area contributed by atoms with E-state index in [2.05, 4.69) is 9.88 Å². The monoisotopic (exact) mass is 277 g/mol. The molecule has 0 aliphatic carbocycles. The molecule has 0 atom stereocenters. The van der Waals surface area contributed by atoms with E-state index < -0.39 is 0 Å². The van der Waals surface area contributed by atoms with Gasteiger partial charge in [-0.2, -0.15) is 0 Å². The molecule has 0 unspecified atom stereocenters. The molecule has 0 aromatic carbocycles. The van der Waals surface area contributed by atoms with Crippen molar-refractivity contribution in [1.29, 1.82) is 0 Å². The van der Waals surface area contributed by atoms with Crippen LogP contribution in [-0.2, 0) is 11.2 Å². The molecule has 0 saturated carbocycles. The van der Waals surface area contributed by atoms with Crippen LogP contribution in [0.4, 0.5) is 0 Å². The van der Waals surface area contributed by atoms with Gasteiger partial charge in [-0.15, -0.1) is 11.3 Å². The van der Waals surface area contributed by atoms with Crippen molar-refractivity contribution in [3.63, 3.8) is 0 Å². The molecule has 0 amide bonds. The summed E-state index contributed by atoms with van der Waals surface area (Å²) < 4.78 is 1.98. The lowest BCUT2D eigenvalue weighted by atomic mass is 9.94. The van der Waals surface area contributed by atoms with E-state index in [1.54, 1.807) is 11.3 Å². The van der Waals surface area contributed by atoms with E-state index in [4.69, 9.17) is 0 Å². The van der Waals surface area contributed by atoms with Crippen LogP contribution in [0.5, 0.6) is 0 Å². The Morgan fingerprint density at radius 3 is 2.84 bits per heavy atom. The van der Waals surface area contributed by atoms with Gasteiger partial charge >= 0.3 is 0 Å². The van der Waals surface area contributed by atoms with Crippen molar-refractivity contribution in [2.45, 2.75) is 38.6 Å². The Labute approximate surface area is 117 Å². The van der Waals surface area contributed by atoms with E-state index in [1.165, 1.54) is 12.8 Å². The highest BCUT2D eigenvalue weighted by Crippen LogP contribution is 2.23. The number of nitrogens with zero attached hydrogens (tertiary/aromatic N) is 3. The van der Waals surface area contributed by atoms with E-state index in [0.717, 1.165) is 23.7 Å². The second kappa shape index (κ2) is 4.72. The van der Waals surface area contributed by atoms with Crippen LogP contribution in [0.15, 0.2) is 17.8 Å². The van der Waals surface area contributed by atoms with Crippen molar-refractivity contribution in [1.82, 2.24) is 14.3 Å². The molecule has 3 rings (SSSR count). The maximum absolute atomic E-state index is 12.5. The predicted octanol–water partition coefficient (Wildman–Crippen LogP) is 2.38. The quantitative estimate of drug-likeness (QED) is 0.861. The fourth-order valence-corrected chi connectivity index (χ4v) is 3.41. The highest BCUT2D eigenvalue weighted by atomic mass is 32.1. The number of hydrogen-bond acceptors (Lipinski definition) is 4. The first-order valence-corrected chi connectivity index (χ1v) is 7.65. The Balaban J connectivity index is 1.74. The van der Waals surface area contributed by atoms with Gasteiger partial charge in [0.05, 0.1) is 17.7 Å². The minimum absolute atomic E-state index is 0.264. The Hall–Kier alpha value is -1.20. The first-order chi connectivity index (χ1) is 9.07. The second-order valence-corrected chi connectivity index (χ2v) is 6.55. The van der Waals surface area contributed by atoms with Crippen LogP contribution in [0, 0.1) is 0 Å². The largest absolute Gasteiger partial charge is 0.297 e. The average Bonchev–Trinajstić information content (AvgIpc) is 3.04. The molecule has 2 aromatic heterocycles. The maximum Gasteiger partial charge on any atom is 0.193 e. The van der Waals surface area contributed by atoms with Crippen LogP contribution in [-0.4, -0.2) is 38.7 Å². The minimum atomic E-state index is -0.368. The number of carbonyl (C=O) groups is 1. The number of Topliss-reactive ketones (excluding diaryl/α,β-unsaturated/α-hetero) is 1. The molecule has 1 aliphatic heterocycles. The second-order valence-electron chi connectivity index (χ2n) is 5.68. The zero-order valence-corrected chi connectivity index (χ0v) is 12.2. The fourth-order valence-electron chi connectivity index (χ4n) is 2.69. The molecular formula is C14H19N3OS. The van der Waals surface area contributed by atoms with E-state index in [9.17, 15) is 4.79 Å². The van der Waals surface area contributed by atoms with Gasteiger partial charge in [0.2, 0.25) is 0 Å². The number of likely N-dealkylation sites (tertiary alicyclic amines) is 1. The van der Waals surface area contributed by atoms with Crippen LogP contribution >= 0.6 is 11.3 Å². The van der Waals surface area contributed by atoms with Crippen molar-refractivity contribution in [2.24, 2.45) is 0 Å². The molecule has 0 N–H and O–H groups in total. The predicted molar refractivity (Wildman–Crippen MR) is 76.7 cm³/mol. The van der Waals surface area contributed by atoms with Crippen molar-refractivity contribution in [3.05, 3.63) is 23.5 Å². The Morgan fingerprint density at radius 2 is 2.16 bits per heavy atom. The SMILES string of the molecule is CC(C)(C(=O)Cc1cn2ccsc2n1)N1CCCC1. The third-order valence-electron chi connectivity index (χ3n) is 4.06. The van der Waals surface area contributed by atoms with Gasteiger partial charge in [0.15, 0.2) is 10.7 Å². The molecule has 0 bridgehead atoms. The highest BCUT2D eigenvalue weighted by Gasteiger charge is 2.35. The molecule has 1 saturated heterocycles. The summed E-state index contributed by atoms with van der Waals surface area (Å²) in [5, 5.41) is 2.00. The third-order valence-corrected chi connectivity index (χ3v) is 4.83. The Bertz CT molecular complexity index is 564. The molecule has 102 valence electrons. The minimum Gasteiger partial charge on any atom is -0.297 e. The van der Waals surface area contributed by atoms with Crippen molar-refractivity contribution in [3.8, 4) is 0 Å². The summed E-state index contributed by atoms with van der Waals surface area (Å²) >= 11 is 1.60. The van der Waals surface area contributed by atoms with E-state index in [1.807, 2.05) is 36.0 Å². The Kier molecular flexibility index (Phi) is 3.19. The van der Waals surface area contributed by atoms with Gasteiger partial charge in [0, 0.05) is 17.8 Å². The van der Waals surface area contributed by atoms with Gasteiger partial charge in [-0.3, -0.25) is 14.1 Å². The zero-order chi connectivity index (χ0) is 13.5. The molecule has 0 spiro atoms. The molecule has 2 aromatic rings. The van der Waals surface area contributed by atoms with Crippen LogP contribution < -0.4 is 0 Å². The van der Waals surface area contributed by atoms with Crippen molar-refractivity contribution < 1.29 is 4.79 Å². The molecule has 1 fully saturated rings. The average molecular weight is 277 g/mol. The highest BCUT2D eigenvalue weighted by molar-refractivity contribution is 7.15. The lowest BCUT2D eigenvalue weighted by molar-refractivity contribution is -0.128. The molecule has 0 radical (unpaired) electrons. The Morgan fingerprint density at radius 1 is 1.42 bits per heavy atom. The molecular weight excluding hydrogens is 258 g/mol. The van der Waals surface area contributed by atoms with Gasteiger partial charge < -0.3 is 0 Å². The summed E-state index contributed by atoms with van der Waals surface area (Å²) in [5.74, 6) is 0.264. The van der Waals surface area contributed by atoms with E-state index in [0.29, 0.717) is 6.42 Å². The third kappa shape index (κ3) is 2.32. The maximum atomic E-state index is 12.5.